The van der Waals surface area contributed by atoms with Crippen LogP contribution >= 0.6 is 11.6 Å². The summed E-state index contributed by atoms with van der Waals surface area (Å²) >= 11 is 5.99. The van der Waals surface area contributed by atoms with Crippen LogP contribution in [0.1, 0.15) is 44.4 Å². The minimum absolute atomic E-state index is 0.00360. The third-order valence-electron chi connectivity index (χ3n) is 6.14. The van der Waals surface area contributed by atoms with Gasteiger partial charge in [0.05, 0.1) is 10.6 Å². The van der Waals surface area contributed by atoms with E-state index < -0.39 is 34.1 Å². The quantitative estimate of drug-likeness (QED) is 0.369. The zero-order valence-corrected chi connectivity index (χ0v) is 24.8. The molecular formula is C30H36ClN3O4S. The number of amides is 2. The molecule has 208 valence electrons. The van der Waals surface area contributed by atoms with Crippen molar-refractivity contribution in [3.8, 4) is 0 Å². The minimum atomic E-state index is -4.14. The Kier molecular flexibility index (Phi) is 9.46. The largest absolute Gasteiger partial charge is 0.350 e. The highest BCUT2D eigenvalue weighted by molar-refractivity contribution is 7.92. The Labute approximate surface area is 236 Å². The Morgan fingerprint density at radius 2 is 1.38 bits per heavy atom. The molecule has 0 spiro atoms. The van der Waals surface area contributed by atoms with Crippen molar-refractivity contribution < 1.29 is 18.0 Å². The van der Waals surface area contributed by atoms with Crippen LogP contribution in [0.15, 0.2) is 77.7 Å². The summed E-state index contributed by atoms with van der Waals surface area (Å²) in [5, 5.41) is 3.32. The van der Waals surface area contributed by atoms with Crippen LogP contribution in [0.4, 0.5) is 5.69 Å². The molecule has 0 heterocycles. The zero-order valence-electron chi connectivity index (χ0n) is 23.2. The van der Waals surface area contributed by atoms with Crippen LogP contribution in [0.2, 0.25) is 5.02 Å². The van der Waals surface area contributed by atoms with E-state index in [4.69, 9.17) is 11.6 Å². The van der Waals surface area contributed by atoms with Crippen LogP contribution in [0.5, 0.6) is 0 Å². The van der Waals surface area contributed by atoms with Crippen LogP contribution in [0, 0.1) is 13.8 Å². The fraction of sp³-hybridized carbons (Fsp3) is 0.333. The number of hydrogen-bond donors (Lipinski definition) is 1. The lowest BCUT2D eigenvalue weighted by Gasteiger charge is -2.33. The van der Waals surface area contributed by atoms with Gasteiger partial charge in [-0.2, -0.15) is 0 Å². The van der Waals surface area contributed by atoms with Gasteiger partial charge in [-0.05, 0) is 83.5 Å². The Balaban J connectivity index is 2.02. The first-order valence-corrected chi connectivity index (χ1v) is 14.5. The summed E-state index contributed by atoms with van der Waals surface area (Å²) in [4.78, 5) is 28.5. The van der Waals surface area contributed by atoms with Crippen molar-refractivity contribution >= 4 is 39.1 Å². The number of nitrogens with zero attached hydrogens (tertiary/aromatic N) is 2. The number of sulfonamides is 1. The van der Waals surface area contributed by atoms with E-state index >= 15 is 0 Å². The van der Waals surface area contributed by atoms with Crippen LogP contribution in [0.25, 0.3) is 0 Å². The molecule has 0 unspecified atom stereocenters. The molecule has 0 aromatic heterocycles. The molecule has 2 amide bonds. The van der Waals surface area contributed by atoms with Gasteiger partial charge in [-0.15, -0.1) is 0 Å². The number of halogens is 1. The molecule has 3 aromatic rings. The first-order chi connectivity index (χ1) is 18.2. The lowest BCUT2D eigenvalue weighted by molar-refractivity contribution is -0.140. The number of benzene rings is 3. The molecule has 0 saturated carbocycles. The lowest BCUT2D eigenvalue weighted by Crippen LogP contribution is -2.54. The van der Waals surface area contributed by atoms with Gasteiger partial charge >= 0.3 is 0 Å². The van der Waals surface area contributed by atoms with Crippen molar-refractivity contribution in [3.63, 3.8) is 0 Å². The van der Waals surface area contributed by atoms with Crippen molar-refractivity contribution in [2.45, 2.75) is 64.6 Å². The number of carbonyl (C=O) groups excluding carboxylic acids is 2. The normalized spacial score (nSPS) is 12.5. The Bertz CT molecular complexity index is 1400. The molecule has 3 aromatic carbocycles. The van der Waals surface area contributed by atoms with E-state index in [0.29, 0.717) is 10.7 Å². The smallest absolute Gasteiger partial charge is 0.264 e. The molecule has 3 rings (SSSR count). The number of nitrogens with one attached hydrogen (secondary N) is 1. The summed E-state index contributed by atoms with van der Waals surface area (Å²) in [5.41, 5.74) is 2.67. The van der Waals surface area contributed by atoms with Gasteiger partial charge in [0.2, 0.25) is 11.8 Å². The van der Waals surface area contributed by atoms with Gasteiger partial charge in [0.15, 0.2) is 0 Å². The van der Waals surface area contributed by atoms with Gasteiger partial charge in [0.25, 0.3) is 10.0 Å². The van der Waals surface area contributed by atoms with Crippen LogP contribution in [-0.4, -0.2) is 43.3 Å². The first kappa shape index (κ1) is 30.2. The molecule has 7 nitrogen and oxygen atoms in total. The standard InChI is InChI=1S/C30H36ClN3O4S/c1-21-7-11-24(12-8-21)19-33(23(3)29(36)32-30(4,5)6)28(35)20-34(26-15-9-22(2)10-16-26)39(37,38)27-17-13-25(31)14-18-27/h7-18,23H,19-20H2,1-6H3,(H,32,36)/t23-/m0/s1. The van der Waals surface area contributed by atoms with Crippen LogP contribution in [-0.2, 0) is 26.2 Å². The van der Waals surface area contributed by atoms with Gasteiger partial charge in [0, 0.05) is 17.1 Å². The van der Waals surface area contributed by atoms with E-state index in [1.165, 1.54) is 29.2 Å². The highest BCUT2D eigenvalue weighted by Gasteiger charge is 2.33. The van der Waals surface area contributed by atoms with E-state index in [-0.39, 0.29) is 17.3 Å². The SMILES string of the molecule is Cc1ccc(CN(C(=O)CN(c2ccc(C)cc2)S(=O)(=O)c2ccc(Cl)cc2)[C@@H](C)C(=O)NC(C)(C)C)cc1. The van der Waals surface area contributed by atoms with Gasteiger partial charge in [-0.25, -0.2) is 8.42 Å². The molecule has 1 N–H and O–H groups in total. The van der Waals surface area contributed by atoms with Crippen molar-refractivity contribution in [1.82, 2.24) is 10.2 Å². The van der Waals surface area contributed by atoms with Crippen LogP contribution < -0.4 is 9.62 Å². The fourth-order valence-corrected chi connectivity index (χ4v) is 5.46. The average molecular weight is 570 g/mol. The summed E-state index contributed by atoms with van der Waals surface area (Å²) in [5.74, 6) is -0.837. The molecule has 0 fully saturated rings. The molecule has 0 bridgehead atoms. The van der Waals surface area contributed by atoms with E-state index in [1.807, 2.05) is 58.9 Å². The predicted molar refractivity (Wildman–Crippen MR) is 156 cm³/mol. The maximum atomic E-state index is 13.9. The Hall–Kier alpha value is -3.36. The second kappa shape index (κ2) is 12.2. The molecular weight excluding hydrogens is 534 g/mol. The number of carbonyl (C=O) groups is 2. The second-order valence-electron chi connectivity index (χ2n) is 10.7. The zero-order chi connectivity index (χ0) is 29.0. The van der Waals surface area contributed by atoms with E-state index in [0.717, 1.165) is 21.0 Å². The fourth-order valence-electron chi connectivity index (χ4n) is 3.92. The highest BCUT2D eigenvalue weighted by atomic mass is 35.5. The molecule has 39 heavy (non-hydrogen) atoms. The number of aryl methyl sites for hydroxylation is 2. The predicted octanol–water partition coefficient (Wildman–Crippen LogP) is 5.48. The molecule has 0 radical (unpaired) electrons. The molecule has 1 atom stereocenters. The first-order valence-electron chi connectivity index (χ1n) is 12.7. The van der Waals surface area contributed by atoms with Crippen molar-refractivity contribution in [1.29, 1.82) is 0 Å². The van der Waals surface area contributed by atoms with Gasteiger partial charge in [0.1, 0.15) is 12.6 Å². The van der Waals surface area contributed by atoms with Crippen molar-refractivity contribution in [3.05, 3.63) is 94.5 Å². The van der Waals surface area contributed by atoms with Gasteiger partial charge < -0.3 is 10.2 Å². The van der Waals surface area contributed by atoms with E-state index in [1.54, 1.807) is 31.2 Å². The summed E-state index contributed by atoms with van der Waals surface area (Å²) in [6.45, 7) is 10.7. The third-order valence-corrected chi connectivity index (χ3v) is 8.18. The molecule has 0 aliphatic heterocycles. The molecule has 0 saturated heterocycles. The maximum Gasteiger partial charge on any atom is 0.264 e. The summed E-state index contributed by atoms with van der Waals surface area (Å²) < 4.78 is 28.7. The molecule has 9 heteroatoms. The number of hydrogen-bond acceptors (Lipinski definition) is 4. The number of anilines is 1. The van der Waals surface area contributed by atoms with Crippen molar-refractivity contribution in [2.75, 3.05) is 10.8 Å². The summed E-state index contributed by atoms with van der Waals surface area (Å²) in [6.07, 6.45) is 0. The van der Waals surface area contributed by atoms with E-state index in [2.05, 4.69) is 5.32 Å². The van der Waals surface area contributed by atoms with Gasteiger partial charge in [-0.1, -0.05) is 59.1 Å². The number of rotatable bonds is 9. The maximum absolute atomic E-state index is 13.9. The third kappa shape index (κ3) is 8.07. The molecule has 0 aliphatic carbocycles. The minimum Gasteiger partial charge on any atom is -0.350 e. The Morgan fingerprint density at radius 1 is 0.872 bits per heavy atom. The monoisotopic (exact) mass is 569 g/mol. The van der Waals surface area contributed by atoms with E-state index in [9.17, 15) is 18.0 Å². The Morgan fingerprint density at radius 3 is 1.90 bits per heavy atom. The molecule has 0 aliphatic rings. The van der Waals surface area contributed by atoms with Gasteiger partial charge in [-0.3, -0.25) is 13.9 Å². The average Bonchev–Trinajstić information content (AvgIpc) is 2.86. The van der Waals surface area contributed by atoms with Crippen molar-refractivity contribution in [2.24, 2.45) is 0 Å². The topological polar surface area (TPSA) is 86.8 Å². The summed E-state index contributed by atoms with van der Waals surface area (Å²) in [6, 6.07) is 19.5. The van der Waals surface area contributed by atoms with Crippen LogP contribution in [0.3, 0.4) is 0 Å². The second-order valence-corrected chi connectivity index (χ2v) is 13.0. The summed E-state index contributed by atoms with van der Waals surface area (Å²) in [7, 11) is -4.14. The highest BCUT2D eigenvalue weighted by Crippen LogP contribution is 2.26. The lowest BCUT2D eigenvalue weighted by atomic mass is 10.1.